The summed E-state index contributed by atoms with van der Waals surface area (Å²) in [5.41, 5.74) is 1.06. The van der Waals surface area contributed by atoms with Crippen LogP contribution in [-0.4, -0.2) is 30.9 Å². The van der Waals surface area contributed by atoms with Gasteiger partial charge in [0, 0.05) is 11.0 Å². The second-order valence-corrected chi connectivity index (χ2v) is 4.99. The third-order valence-corrected chi connectivity index (χ3v) is 2.87. The highest BCUT2D eigenvalue weighted by Crippen LogP contribution is 2.22. The van der Waals surface area contributed by atoms with E-state index in [0.717, 1.165) is 28.8 Å². The molecule has 0 bridgehead atoms. The Kier molecular flexibility index (Phi) is 6.55. The van der Waals surface area contributed by atoms with Crippen LogP contribution < -0.4 is 10.1 Å². The Morgan fingerprint density at radius 3 is 2.88 bits per heavy atom. The third kappa shape index (κ3) is 5.52. The first kappa shape index (κ1) is 14.5. The van der Waals surface area contributed by atoms with Crippen molar-refractivity contribution in [2.45, 2.75) is 26.4 Å². The van der Waals surface area contributed by atoms with Gasteiger partial charge in [0.2, 0.25) is 0 Å². The van der Waals surface area contributed by atoms with E-state index in [2.05, 4.69) is 28.2 Å². The van der Waals surface area contributed by atoms with E-state index < -0.39 is 6.10 Å². The van der Waals surface area contributed by atoms with E-state index in [0.29, 0.717) is 13.2 Å². The number of hydrogen-bond donors (Lipinski definition) is 2. The molecule has 0 spiro atoms. The molecule has 0 fully saturated rings. The molecule has 1 unspecified atom stereocenters. The Balaban J connectivity index is 2.34. The fourth-order valence-electron chi connectivity index (χ4n) is 1.47. The van der Waals surface area contributed by atoms with Crippen LogP contribution in [0.4, 0.5) is 0 Å². The molecular weight excluding hydrogens is 282 g/mol. The average Bonchev–Trinajstić information content (AvgIpc) is 2.28. The Labute approximate surface area is 111 Å². The minimum absolute atomic E-state index is 0.319. The fourth-order valence-corrected chi connectivity index (χ4v) is 1.94. The molecule has 0 saturated heterocycles. The molecule has 1 aromatic carbocycles. The zero-order chi connectivity index (χ0) is 12.7. The number of halogens is 1. The number of benzene rings is 1. The maximum absolute atomic E-state index is 9.69. The van der Waals surface area contributed by atoms with Crippen LogP contribution in [0.1, 0.15) is 18.9 Å². The second kappa shape index (κ2) is 7.69. The molecule has 0 aliphatic rings. The van der Waals surface area contributed by atoms with Gasteiger partial charge in [-0.2, -0.15) is 0 Å². The van der Waals surface area contributed by atoms with E-state index in [4.69, 9.17) is 4.74 Å². The van der Waals surface area contributed by atoms with Crippen molar-refractivity contribution >= 4 is 15.9 Å². The van der Waals surface area contributed by atoms with Gasteiger partial charge in [0.25, 0.3) is 0 Å². The summed E-state index contributed by atoms with van der Waals surface area (Å²) >= 11 is 3.40. The van der Waals surface area contributed by atoms with E-state index >= 15 is 0 Å². The molecule has 1 atom stereocenters. The number of rotatable bonds is 7. The zero-order valence-electron chi connectivity index (χ0n) is 10.4. The van der Waals surface area contributed by atoms with Crippen LogP contribution in [0.5, 0.6) is 5.75 Å². The van der Waals surface area contributed by atoms with Gasteiger partial charge in [-0.1, -0.05) is 22.9 Å². The Hall–Kier alpha value is -0.580. The number of nitrogens with one attached hydrogen (secondary N) is 1. The highest BCUT2D eigenvalue weighted by molar-refractivity contribution is 9.10. The van der Waals surface area contributed by atoms with Gasteiger partial charge in [-0.05, 0) is 43.7 Å². The number of ether oxygens (including phenoxy) is 1. The van der Waals surface area contributed by atoms with Crippen molar-refractivity contribution in [3.05, 3.63) is 28.2 Å². The lowest BCUT2D eigenvalue weighted by atomic mass is 10.2. The van der Waals surface area contributed by atoms with Gasteiger partial charge in [-0.3, -0.25) is 0 Å². The topological polar surface area (TPSA) is 41.5 Å². The average molecular weight is 302 g/mol. The van der Waals surface area contributed by atoms with Crippen LogP contribution in [0, 0.1) is 6.92 Å². The molecule has 4 heteroatoms. The minimum atomic E-state index is -0.468. The van der Waals surface area contributed by atoms with Crippen LogP contribution in [0.3, 0.4) is 0 Å². The first-order chi connectivity index (χ1) is 8.13. The first-order valence-electron chi connectivity index (χ1n) is 5.91. The van der Waals surface area contributed by atoms with E-state index in [1.807, 2.05) is 25.1 Å². The summed E-state index contributed by atoms with van der Waals surface area (Å²) < 4.78 is 6.61. The smallest absolute Gasteiger partial charge is 0.122 e. The third-order valence-electron chi connectivity index (χ3n) is 2.37. The molecule has 1 aromatic rings. The monoisotopic (exact) mass is 301 g/mol. The van der Waals surface area contributed by atoms with E-state index in [1.165, 1.54) is 0 Å². The van der Waals surface area contributed by atoms with Gasteiger partial charge in [0.05, 0.1) is 0 Å². The number of aryl methyl sites for hydroxylation is 1. The van der Waals surface area contributed by atoms with Crippen molar-refractivity contribution in [3.63, 3.8) is 0 Å². The van der Waals surface area contributed by atoms with Gasteiger partial charge < -0.3 is 15.2 Å². The predicted octanol–water partition coefficient (Wildman–Crippen LogP) is 2.50. The molecule has 0 aliphatic heterocycles. The quantitative estimate of drug-likeness (QED) is 0.760. The van der Waals surface area contributed by atoms with Crippen LogP contribution >= 0.6 is 15.9 Å². The molecule has 0 heterocycles. The number of hydrogen-bond acceptors (Lipinski definition) is 3. The normalized spacial score (nSPS) is 12.5. The number of aliphatic hydroxyl groups is 1. The Morgan fingerprint density at radius 2 is 2.24 bits per heavy atom. The molecule has 0 radical (unpaired) electrons. The Bertz CT molecular complexity index is 344. The van der Waals surface area contributed by atoms with E-state index in [9.17, 15) is 5.11 Å². The van der Waals surface area contributed by atoms with E-state index in [1.54, 1.807) is 0 Å². The predicted molar refractivity (Wildman–Crippen MR) is 73.5 cm³/mol. The van der Waals surface area contributed by atoms with Crippen LogP contribution in [-0.2, 0) is 0 Å². The molecule has 3 nitrogen and oxygen atoms in total. The molecule has 0 aliphatic carbocycles. The van der Waals surface area contributed by atoms with Crippen LogP contribution in [0.15, 0.2) is 22.7 Å². The zero-order valence-corrected chi connectivity index (χ0v) is 12.0. The summed E-state index contributed by atoms with van der Waals surface area (Å²) in [4.78, 5) is 0. The lowest BCUT2D eigenvalue weighted by molar-refractivity contribution is 0.106. The summed E-state index contributed by atoms with van der Waals surface area (Å²) in [5, 5.41) is 12.8. The van der Waals surface area contributed by atoms with Gasteiger partial charge in [0.1, 0.15) is 18.5 Å². The van der Waals surface area contributed by atoms with Crippen molar-refractivity contribution in [1.82, 2.24) is 5.32 Å². The van der Waals surface area contributed by atoms with Crippen molar-refractivity contribution in [2.75, 3.05) is 19.7 Å². The lowest BCUT2D eigenvalue weighted by Crippen LogP contribution is -2.31. The summed E-state index contributed by atoms with van der Waals surface area (Å²) in [6.45, 7) is 5.90. The maximum Gasteiger partial charge on any atom is 0.122 e. The minimum Gasteiger partial charge on any atom is -0.491 e. The van der Waals surface area contributed by atoms with E-state index in [-0.39, 0.29) is 0 Å². The summed E-state index contributed by atoms with van der Waals surface area (Å²) in [6.07, 6.45) is 0.601. The van der Waals surface area contributed by atoms with Crippen LogP contribution in [0.25, 0.3) is 0 Å². The SMILES string of the molecule is CCCNCC(O)COc1ccc(Br)cc1C. The van der Waals surface area contributed by atoms with Crippen molar-refractivity contribution in [1.29, 1.82) is 0 Å². The molecule has 0 aromatic heterocycles. The van der Waals surface area contributed by atoms with Crippen molar-refractivity contribution in [3.8, 4) is 5.75 Å². The van der Waals surface area contributed by atoms with Gasteiger partial charge in [-0.25, -0.2) is 0 Å². The molecule has 96 valence electrons. The van der Waals surface area contributed by atoms with Crippen molar-refractivity contribution in [2.24, 2.45) is 0 Å². The summed E-state index contributed by atoms with van der Waals surface area (Å²) in [6, 6.07) is 5.84. The standard InChI is InChI=1S/C13H20BrNO2/c1-3-6-15-8-12(16)9-17-13-5-4-11(14)7-10(13)2/h4-5,7,12,15-16H,3,6,8-9H2,1-2H3. The van der Waals surface area contributed by atoms with Crippen molar-refractivity contribution < 1.29 is 9.84 Å². The summed E-state index contributed by atoms with van der Waals surface area (Å²) in [7, 11) is 0. The molecular formula is C13H20BrNO2. The molecule has 0 amide bonds. The second-order valence-electron chi connectivity index (χ2n) is 4.08. The Morgan fingerprint density at radius 1 is 1.47 bits per heavy atom. The highest BCUT2D eigenvalue weighted by atomic mass is 79.9. The summed E-state index contributed by atoms with van der Waals surface area (Å²) in [5.74, 6) is 0.822. The van der Waals surface area contributed by atoms with Gasteiger partial charge >= 0.3 is 0 Å². The lowest BCUT2D eigenvalue weighted by Gasteiger charge is -2.14. The first-order valence-corrected chi connectivity index (χ1v) is 6.70. The fraction of sp³-hybridized carbons (Fsp3) is 0.538. The van der Waals surface area contributed by atoms with Gasteiger partial charge in [-0.15, -0.1) is 0 Å². The molecule has 0 saturated carbocycles. The van der Waals surface area contributed by atoms with Gasteiger partial charge in [0.15, 0.2) is 0 Å². The molecule has 1 rings (SSSR count). The highest BCUT2D eigenvalue weighted by Gasteiger charge is 2.06. The van der Waals surface area contributed by atoms with Crippen LogP contribution in [0.2, 0.25) is 0 Å². The maximum atomic E-state index is 9.69. The molecule has 2 N–H and O–H groups in total. The number of aliphatic hydroxyl groups excluding tert-OH is 1. The molecule has 17 heavy (non-hydrogen) atoms. The largest absolute Gasteiger partial charge is 0.491 e.